The molecule has 80 valence electrons. The van der Waals surface area contributed by atoms with Crippen LogP contribution in [0.15, 0.2) is 40.7 Å². The average Bonchev–Trinajstić information content (AvgIpc) is 3.10. The van der Waals surface area contributed by atoms with Crippen LogP contribution in [0.4, 0.5) is 0 Å². The molecule has 0 unspecified atom stereocenters. The first-order valence-electron chi connectivity index (χ1n) is 5.56. The van der Waals surface area contributed by atoms with Crippen molar-refractivity contribution in [3.8, 4) is 0 Å². The Morgan fingerprint density at radius 3 is 3.00 bits per heavy atom. The van der Waals surface area contributed by atoms with Gasteiger partial charge in [0.2, 0.25) is 0 Å². The Morgan fingerprint density at radius 2 is 2.33 bits per heavy atom. The fourth-order valence-electron chi connectivity index (χ4n) is 1.69. The van der Waals surface area contributed by atoms with Crippen molar-refractivity contribution in [2.24, 2.45) is 10.9 Å². The van der Waals surface area contributed by atoms with Crippen LogP contribution in [0.25, 0.3) is 0 Å². The van der Waals surface area contributed by atoms with Gasteiger partial charge in [0.15, 0.2) is 0 Å². The second-order valence-corrected chi connectivity index (χ2v) is 4.23. The highest BCUT2D eigenvalue weighted by Crippen LogP contribution is 2.35. The van der Waals surface area contributed by atoms with Gasteiger partial charge in [-0.25, -0.2) is 0 Å². The maximum absolute atomic E-state index is 4.17. The molecule has 1 fully saturated rings. The standard InChI is InChI=1S/C13H18N2/c1-10(11-6-7-11)9-15-13-5-3-4-12(8-13)14-2/h3-4,8-9,11,15H,5-7H2,1-2H3/b10-9+,14-12?. The van der Waals surface area contributed by atoms with E-state index in [9.17, 15) is 0 Å². The van der Waals surface area contributed by atoms with E-state index < -0.39 is 0 Å². The molecular formula is C13H18N2. The quantitative estimate of drug-likeness (QED) is 0.747. The van der Waals surface area contributed by atoms with Gasteiger partial charge >= 0.3 is 0 Å². The lowest BCUT2D eigenvalue weighted by atomic mass is 10.1. The van der Waals surface area contributed by atoms with Crippen LogP contribution in [0.5, 0.6) is 0 Å². The number of rotatable bonds is 3. The molecule has 0 aliphatic heterocycles. The van der Waals surface area contributed by atoms with Crippen LogP contribution in [-0.4, -0.2) is 12.8 Å². The van der Waals surface area contributed by atoms with E-state index in [4.69, 9.17) is 0 Å². The summed E-state index contributed by atoms with van der Waals surface area (Å²) in [5.74, 6) is 0.844. The van der Waals surface area contributed by atoms with Crippen LogP contribution in [0.1, 0.15) is 26.2 Å². The molecule has 15 heavy (non-hydrogen) atoms. The molecular weight excluding hydrogens is 184 g/mol. The van der Waals surface area contributed by atoms with E-state index in [2.05, 4.69) is 41.7 Å². The molecule has 0 atom stereocenters. The molecule has 1 saturated carbocycles. The number of allylic oxidation sites excluding steroid dienone is 4. The Kier molecular flexibility index (Phi) is 3.05. The Bertz CT molecular complexity index is 355. The van der Waals surface area contributed by atoms with Gasteiger partial charge in [0.25, 0.3) is 0 Å². The fraction of sp³-hybridized carbons (Fsp3) is 0.462. The van der Waals surface area contributed by atoms with Crippen molar-refractivity contribution in [3.05, 3.63) is 35.7 Å². The molecule has 0 saturated heterocycles. The van der Waals surface area contributed by atoms with Gasteiger partial charge in [0.05, 0.1) is 5.71 Å². The number of aliphatic imine (C=N–C) groups is 1. The van der Waals surface area contributed by atoms with E-state index in [0.717, 1.165) is 18.1 Å². The van der Waals surface area contributed by atoms with E-state index >= 15 is 0 Å². The maximum atomic E-state index is 4.17. The number of nitrogens with zero attached hydrogens (tertiary/aromatic N) is 1. The van der Waals surface area contributed by atoms with Crippen molar-refractivity contribution in [1.29, 1.82) is 0 Å². The lowest BCUT2D eigenvalue weighted by Crippen LogP contribution is -2.10. The van der Waals surface area contributed by atoms with Gasteiger partial charge in [-0.2, -0.15) is 0 Å². The minimum atomic E-state index is 0.844. The van der Waals surface area contributed by atoms with E-state index in [0.29, 0.717) is 0 Å². The van der Waals surface area contributed by atoms with Crippen molar-refractivity contribution < 1.29 is 0 Å². The zero-order valence-electron chi connectivity index (χ0n) is 9.46. The summed E-state index contributed by atoms with van der Waals surface area (Å²) in [6, 6.07) is 0. The summed E-state index contributed by atoms with van der Waals surface area (Å²) in [4.78, 5) is 4.17. The van der Waals surface area contributed by atoms with Crippen molar-refractivity contribution in [3.63, 3.8) is 0 Å². The van der Waals surface area contributed by atoms with Crippen molar-refractivity contribution >= 4 is 5.71 Å². The zero-order valence-corrected chi connectivity index (χ0v) is 9.46. The zero-order chi connectivity index (χ0) is 10.7. The Balaban J connectivity index is 1.94. The summed E-state index contributed by atoms with van der Waals surface area (Å²) in [5.41, 5.74) is 3.75. The van der Waals surface area contributed by atoms with Crippen molar-refractivity contribution in [2.45, 2.75) is 26.2 Å². The lowest BCUT2D eigenvalue weighted by molar-refractivity contribution is 0.926. The summed E-state index contributed by atoms with van der Waals surface area (Å²) in [6.45, 7) is 2.21. The van der Waals surface area contributed by atoms with Crippen molar-refractivity contribution in [2.75, 3.05) is 7.05 Å². The first-order valence-corrected chi connectivity index (χ1v) is 5.56. The highest BCUT2D eigenvalue weighted by Gasteiger charge is 2.22. The molecule has 0 aromatic rings. The summed E-state index contributed by atoms with van der Waals surface area (Å²) in [6.07, 6.45) is 12.2. The van der Waals surface area contributed by atoms with Gasteiger partial charge < -0.3 is 5.32 Å². The minimum Gasteiger partial charge on any atom is -0.365 e. The summed E-state index contributed by atoms with van der Waals surface area (Å²) >= 11 is 0. The smallest absolute Gasteiger partial charge is 0.0585 e. The first-order chi connectivity index (χ1) is 7.29. The summed E-state index contributed by atoms with van der Waals surface area (Å²) in [7, 11) is 1.82. The molecule has 0 bridgehead atoms. The second kappa shape index (κ2) is 4.47. The number of hydrogen-bond donors (Lipinski definition) is 1. The number of hydrogen-bond acceptors (Lipinski definition) is 2. The topological polar surface area (TPSA) is 24.4 Å². The van der Waals surface area contributed by atoms with Crippen LogP contribution in [0.2, 0.25) is 0 Å². The fourth-order valence-corrected chi connectivity index (χ4v) is 1.69. The highest BCUT2D eigenvalue weighted by molar-refractivity contribution is 6.05. The molecule has 0 aromatic heterocycles. The lowest BCUT2D eigenvalue weighted by Gasteiger charge is -2.10. The Morgan fingerprint density at radius 1 is 1.53 bits per heavy atom. The predicted octanol–water partition coefficient (Wildman–Crippen LogP) is 2.80. The first kappa shape index (κ1) is 10.2. The monoisotopic (exact) mass is 202 g/mol. The van der Waals surface area contributed by atoms with E-state index in [-0.39, 0.29) is 0 Å². The molecule has 0 heterocycles. The minimum absolute atomic E-state index is 0.844. The summed E-state index contributed by atoms with van der Waals surface area (Å²) < 4.78 is 0. The van der Waals surface area contributed by atoms with Gasteiger partial charge in [-0.15, -0.1) is 0 Å². The summed E-state index contributed by atoms with van der Waals surface area (Å²) in [5, 5.41) is 3.37. The Hall–Kier alpha value is -1.31. The van der Waals surface area contributed by atoms with Gasteiger partial charge in [0.1, 0.15) is 0 Å². The Labute approximate surface area is 91.5 Å². The highest BCUT2D eigenvalue weighted by atomic mass is 14.9. The molecule has 0 amide bonds. The SMILES string of the molecule is CN=C1C=CCC(N/C=C(\C)C2CC2)=C1. The molecule has 0 aromatic carbocycles. The van der Waals surface area contributed by atoms with E-state index in [1.165, 1.54) is 24.1 Å². The van der Waals surface area contributed by atoms with Gasteiger partial charge in [-0.05, 0) is 44.0 Å². The maximum Gasteiger partial charge on any atom is 0.0585 e. The second-order valence-electron chi connectivity index (χ2n) is 4.23. The molecule has 0 radical (unpaired) electrons. The normalized spacial score (nSPS) is 24.3. The third-order valence-electron chi connectivity index (χ3n) is 2.91. The van der Waals surface area contributed by atoms with Crippen LogP contribution >= 0.6 is 0 Å². The van der Waals surface area contributed by atoms with Gasteiger partial charge in [-0.1, -0.05) is 11.6 Å². The van der Waals surface area contributed by atoms with E-state index in [1.54, 1.807) is 0 Å². The van der Waals surface area contributed by atoms with Crippen LogP contribution < -0.4 is 5.32 Å². The molecule has 2 heteroatoms. The molecule has 2 aliphatic carbocycles. The van der Waals surface area contributed by atoms with E-state index in [1.807, 2.05) is 7.05 Å². The van der Waals surface area contributed by atoms with Gasteiger partial charge in [-0.3, -0.25) is 4.99 Å². The molecule has 2 aliphatic rings. The largest absolute Gasteiger partial charge is 0.365 e. The number of nitrogens with one attached hydrogen (secondary N) is 1. The molecule has 0 spiro atoms. The van der Waals surface area contributed by atoms with Gasteiger partial charge in [0, 0.05) is 19.2 Å². The average molecular weight is 202 g/mol. The van der Waals surface area contributed by atoms with Crippen LogP contribution in [-0.2, 0) is 0 Å². The third-order valence-corrected chi connectivity index (χ3v) is 2.91. The predicted molar refractivity (Wildman–Crippen MR) is 64.8 cm³/mol. The molecule has 2 nitrogen and oxygen atoms in total. The third kappa shape index (κ3) is 2.82. The van der Waals surface area contributed by atoms with Crippen LogP contribution in [0, 0.1) is 5.92 Å². The molecule has 1 N–H and O–H groups in total. The van der Waals surface area contributed by atoms with Crippen molar-refractivity contribution in [1.82, 2.24) is 5.32 Å². The van der Waals surface area contributed by atoms with Crippen LogP contribution in [0.3, 0.4) is 0 Å². The molecule has 2 rings (SSSR count).